The Morgan fingerprint density at radius 1 is 1.00 bits per heavy atom. The summed E-state index contributed by atoms with van der Waals surface area (Å²) in [7, 11) is 0. The van der Waals surface area contributed by atoms with Crippen LogP contribution in [0.2, 0.25) is 5.02 Å². The van der Waals surface area contributed by atoms with E-state index in [1.165, 1.54) is 11.1 Å². The van der Waals surface area contributed by atoms with Crippen molar-refractivity contribution in [3.63, 3.8) is 0 Å². The Morgan fingerprint density at radius 2 is 1.76 bits per heavy atom. The molecule has 8 heteroatoms. The number of hydrogen-bond donors (Lipinski definition) is 0. The van der Waals surface area contributed by atoms with Crippen molar-refractivity contribution in [2.75, 3.05) is 26.2 Å². The van der Waals surface area contributed by atoms with Crippen molar-refractivity contribution >= 4 is 23.4 Å². The molecule has 0 saturated carbocycles. The molecule has 7 nitrogen and oxygen atoms in total. The van der Waals surface area contributed by atoms with Crippen LogP contribution < -0.4 is 4.74 Å². The van der Waals surface area contributed by atoms with Crippen molar-refractivity contribution < 1.29 is 14.3 Å². The molecule has 2 aromatic carbocycles. The number of aryl methyl sites for hydroxylation is 2. The lowest BCUT2D eigenvalue weighted by Crippen LogP contribution is -2.48. The number of carbonyl (C=O) groups is 2. The number of aromatic nitrogens is 2. The number of piperidine rings is 1. The molecular formula is C30H35ClN4O3. The van der Waals surface area contributed by atoms with Crippen LogP contribution in [0.1, 0.15) is 53.5 Å². The minimum absolute atomic E-state index is 0.0522. The highest BCUT2D eigenvalue weighted by Crippen LogP contribution is 2.38. The van der Waals surface area contributed by atoms with Gasteiger partial charge in [-0.2, -0.15) is 5.10 Å². The Morgan fingerprint density at radius 3 is 2.47 bits per heavy atom. The second kappa shape index (κ2) is 11.2. The molecular weight excluding hydrogens is 500 g/mol. The average Bonchev–Trinajstić information content (AvgIpc) is 3.32. The number of carbonyl (C=O) groups excluding carboxylic acids is 2. The van der Waals surface area contributed by atoms with Gasteiger partial charge in [0.1, 0.15) is 5.75 Å². The summed E-state index contributed by atoms with van der Waals surface area (Å²) in [4.78, 5) is 30.7. The van der Waals surface area contributed by atoms with E-state index >= 15 is 0 Å². The maximum absolute atomic E-state index is 13.6. The van der Waals surface area contributed by atoms with Gasteiger partial charge in [0.25, 0.3) is 5.91 Å². The van der Waals surface area contributed by atoms with Gasteiger partial charge in [-0.3, -0.25) is 14.3 Å². The molecule has 200 valence electrons. The molecule has 1 saturated heterocycles. The zero-order valence-corrected chi connectivity index (χ0v) is 22.9. The first-order valence-electron chi connectivity index (χ1n) is 13.4. The fraction of sp³-hybridized carbons (Fsp3) is 0.433. The third-order valence-corrected chi connectivity index (χ3v) is 8.20. The number of likely N-dealkylation sites (tertiary alicyclic amines) is 1. The molecule has 1 fully saturated rings. The van der Waals surface area contributed by atoms with Crippen molar-refractivity contribution in [2.24, 2.45) is 5.41 Å². The fourth-order valence-electron chi connectivity index (χ4n) is 5.59. The van der Waals surface area contributed by atoms with Gasteiger partial charge >= 0.3 is 0 Å². The van der Waals surface area contributed by atoms with E-state index in [1.54, 1.807) is 6.07 Å². The van der Waals surface area contributed by atoms with Crippen LogP contribution in [0.4, 0.5) is 0 Å². The average molecular weight is 535 g/mol. The zero-order valence-electron chi connectivity index (χ0n) is 22.2. The van der Waals surface area contributed by atoms with Gasteiger partial charge in [0, 0.05) is 55.3 Å². The topological polar surface area (TPSA) is 67.7 Å². The second-order valence-electron chi connectivity index (χ2n) is 10.5. The predicted molar refractivity (Wildman–Crippen MR) is 147 cm³/mol. The second-order valence-corrected chi connectivity index (χ2v) is 11.0. The van der Waals surface area contributed by atoms with Crippen LogP contribution in [0.15, 0.2) is 54.6 Å². The summed E-state index contributed by atoms with van der Waals surface area (Å²) in [5.41, 5.74) is 3.63. The number of rotatable bonds is 7. The predicted octanol–water partition coefficient (Wildman–Crippen LogP) is 5.14. The minimum Gasteiger partial charge on any atom is -0.493 e. The fourth-order valence-corrected chi connectivity index (χ4v) is 5.77. The Kier molecular flexibility index (Phi) is 7.75. The third-order valence-electron chi connectivity index (χ3n) is 7.96. The lowest BCUT2D eigenvalue weighted by atomic mass is 9.75. The third kappa shape index (κ3) is 5.73. The molecule has 0 atom stereocenters. The molecule has 0 aliphatic carbocycles. The van der Waals surface area contributed by atoms with Gasteiger partial charge in [-0.05, 0) is 68.5 Å². The van der Waals surface area contributed by atoms with Crippen LogP contribution in [0.5, 0.6) is 5.75 Å². The maximum Gasteiger partial charge on any atom is 0.274 e. The van der Waals surface area contributed by atoms with Gasteiger partial charge in [-0.25, -0.2) is 0 Å². The number of fused-ring (bicyclic) bond motifs is 1. The van der Waals surface area contributed by atoms with Gasteiger partial charge in [-0.15, -0.1) is 0 Å². The van der Waals surface area contributed by atoms with Gasteiger partial charge in [0.2, 0.25) is 5.91 Å². The zero-order chi connectivity index (χ0) is 26.7. The molecule has 3 heterocycles. The summed E-state index contributed by atoms with van der Waals surface area (Å²) in [6, 6.07) is 17.6. The van der Waals surface area contributed by atoms with Crippen LogP contribution in [0, 0.1) is 12.3 Å². The van der Waals surface area contributed by atoms with E-state index in [0.29, 0.717) is 62.0 Å². The van der Waals surface area contributed by atoms with Crippen LogP contribution in [-0.4, -0.2) is 57.6 Å². The molecule has 0 radical (unpaired) electrons. The minimum atomic E-state index is -0.369. The monoisotopic (exact) mass is 534 g/mol. The molecule has 3 aromatic rings. The van der Waals surface area contributed by atoms with E-state index < -0.39 is 0 Å². The number of amides is 2. The molecule has 1 aromatic heterocycles. The first-order valence-corrected chi connectivity index (χ1v) is 13.8. The highest BCUT2D eigenvalue weighted by atomic mass is 35.5. The molecule has 0 spiro atoms. The van der Waals surface area contributed by atoms with E-state index in [-0.39, 0.29) is 17.2 Å². The molecule has 38 heavy (non-hydrogen) atoms. The van der Waals surface area contributed by atoms with Crippen molar-refractivity contribution in [3.05, 3.63) is 82.1 Å². The molecule has 0 unspecified atom stereocenters. The number of nitrogens with zero attached hydrogens (tertiary/aromatic N) is 4. The van der Waals surface area contributed by atoms with Gasteiger partial charge < -0.3 is 14.5 Å². The highest BCUT2D eigenvalue weighted by Gasteiger charge is 2.40. The van der Waals surface area contributed by atoms with E-state index in [1.807, 2.05) is 58.7 Å². The summed E-state index contributed by atoms with van der Waals surface area (Å²) in [5, 5.41) is 5.09. The molecule has 2 amide bonds. The number of benzene rings is 2. The normalized spacial score (nSPS) is 16.7. The van der Waals surface area contributed by atoms with Gasteiger partial charge in [0.05, 0.1) is 6.61 Å². The quantitative estimate of drug-likeness (QED) is 0.421. The van der Waals surface area contributed by atoms with Crippen LogP contribution in [-0.2, 0) is 24.3 Å². The van der Waals surface area contributed by atoms with Crippen molar-refractivity contribution in [3.8, 4) is 5.75 Å². The molecule has 5 rings (SSSR count). The molecule has 0 N–H and O–H groups in total. The molecule has 2 aliphatic heterocycles. The highest BCUT2D eigenvalue weighted by molar-refractivity contribution is 6.30. The Bertz CT molecular complexity index is 1310. The van der Waals surface area contributed by atoms with Crippen LogP contribution >= 0.6 is 11.6 Å². The Hall–Kier alpha value is -3.32. The first-order chi connectivity index (χ1) is 18.4. The van der Waals surface area contributed by atoms with Gasteiger partial charge in [-0.1, -0.05) is 41.9 Å². The maximum atomic E-state index is 13.6. The lowest BCUT2D eigenvalue weighted by Gasteiger charge is -2.42. The molecule has 0 bridgehead atoms. The Balaban J connectivity index is 1.30. The van der Waals surface area contributed by atoms with Crippen molar-refractivity contribution in [1.29, 1.82) is 0 Å². The van der Waals surface area contributed by atoms with E-state index in [9.17, 15) is 9.59 Å². The lowest BCUT2D eigenvalue weighted by molar-refractivity contribution is -0.136. The number of hydrogen-bond acceptors (Lipinski definition) is 4. The first kappa shape index (κ1) is 26.3. The summed E-state index contributed by atoms with van der Waals surface area (Å²) in [6.45, 7) is 7.60. The summed E-state index contributed by atoms with van der Waals surface area (Å²) in [5.74, 6) is 0.783. The number of halogens is 1. The largest absolute Gasteiger partial charge is 0.493 e. The standard InChI is InChI=1S/C30H35ClN4O3/c1-3-35-22(2)17-27(32-35)29(37)33-15-12-30(13-16-33,21-38-26-10-6-9-25(31)18-26)19-28(36)34-14-11-23-7-4-5-8-24(23)20-34/h4-10,17-18H,3,11-16,19-21H2,1-2H3. The summed E-state index contributed by atoms with van der Waals surface area (Å²) >= 11 is 6.17. The molecule has 2 aliphatic rings. The Labute approximate surface area is 229 Å². The van der Waals surface area contributed by atoms with E-state index in [4.69, 9.17) is 16.3 Å². The smallest absolute Gasteiger partial charge is 0.274 e. The van der Waals surface area contributed by atoms with Crippen LogP contribution in [0.25, 0.3) is 0 Å². The number of ether oxygens (including phenoxy) is 1. The van der Waals surface area contributed by atoms with E-state index in [0.717, 1.165) is 25.2 Å². The SMILES string of the molecule is CCn1nc(C(=O)N2CCC(COc3cccc(Cl)c3)(CC(=O)N3CCc4ccccc4C3)CC2)cc1C. The summed E-state index contributed by atoms with van der Waals surface area (Å²) < 4.78 is 8.06. The summed E-state index contributed by atoms with van der Waals surface area (Å²) in [6.07, 6.45) is 2.63. The van der Waals surface area contributed by atoms with Gasteiger partial charge in [0.15, 0.2) is 5.69 Å². The van der Waals surface area contributed by atoms with Crippen LogP contribution in [0.3, 0.4) is 0 Å². The van der Waals surface area contributed by atoms with E-state index in [2.05, 4.69) is 23.3 Å². The van der Waals surface area contributed by atoms with Crippen molar-refractivity contribution in [2.45, 2.75) is 52.6 Å². The van der Waals surface area contributed by atoms with Crippen molar-refractivity contribution in [1.82, 2.24) is 19.6 Å².